The number of rotatable bonds is 12. The molecule has 3 amide bonds. The maximum atomic E-state index is 13.5. The normalized spacial score (nSPS) is 19.4. The third-order valence-electron chi connectivity index (χ3n) is 10.5. The summed E-state index contributed by atoms with van der Waals surface area (Å²) in [6.07, 6.45) is 1.09. The van der Waals surface area contributed by atoms with Crippen molar-refractivity contribution >= 4 is 46.4 Å². The Labute approximate surface area is 322 Å². The number of H-pyrrole nitrogens is 2. The number of carbonyl (C=O) groups excluding carboxylic acids is 3. The van der Waals surface area contributed by atoms with Crippen LogP contribution in [0.4, 0.5) is 4.79 Å². The van der Waals surface area contributed by atoms with Gasteiger partial charge in [-0.15, -0.1) is 0 Å². The number of fused-ring (bicyclic) bond motifs is 2. The minimum atomic E-state index is -1.14. The average Bonchev–Trinajstić information content (AvgIpc) is 4.03. The number of aliphatic hydroxyl groups excluding tert-OH is 2. The highest BCUT2D eigenvalue weighted by Gasteiger charge is 2.39. The van der Waals surface area contributed by atoms with Crippen LogP contribution in [-0.2, 0) is 24.1 Å². The smallest absolute Gasteiger partial charge is 0.407 e. The molecule has 4 heterocycles. The Morgan fingerprint density at radius 1 is 0.786 bits per heavy atom. The van der Waals surface area contributed by atoms with Gasteiger partial charge < -0.3 is 44.9 Å². The molecule has 2 unspecified atom stereocenters. The van der Waals surface area contributed by atoms with E-state index in [-0.39, 0.29) is 18.0 Å². The molecule has 5 aromatic rings. The van der Waals surface area contributed by atoms with E-state index >= 15 is 0 Å². The Kier molecular flexibility index (Phi) is 11.3. The minimum absolute atomic E-state index is 0.280. The summed E-state index contributed by atoms with van der Waals surface area (Å²) >= 11 is 0. The topological polar surface area (TPSA) is 208 Å². The number of aliphatic hydroxyl groups is 2. The molecular formula is C40H46N8O8. The molecule has 0 bridgehead atoms. The molecular weight excluding hydrogens is 720 g/mol. The summed E-state index contributed by atoms with van der Waals surface area (Å²) in [5.41, 5.74) is 7.23. The molecule has 0 aliphatic carbocycles. The van der Waals surface area contributed by atoms with E-state index in [4.69, 9.17) is 14.9 Å². The standard InChI is InChI=1S/C40H46N8O8/c1-22(49)34(41-21-56-55-4)38(51)47-17-5-7-32(47)36-42-28-15-13-26(19-30(28)44-36)24-9-11-25(12-10-24)27-14-16-29-31(20-27)45-37(43-29)33-8-6-18-48(33)39(52)35(23(2)50)46-40(53)54-3/h9-16,19-23,32-35,49-50H,5-8,17-18H2,1-4H3,(H,42,44)(H,43,45)(H,46,53)/b41-21+/t22-,23-,32+,33+,34?,35?/m1/s1. The van der Waals surface area contributed by atoms with Crippen LogP contribution in [0.5, 0.6) is 0 Å². The van der Waals surface area contributed by atoms with Crippen LogP contribution in [0.2, 0.25) is 0 Å². The zero-order chi connectivity index (χ0) is 39.5. The fourth-order valence-corrected chi connectivity index (χ4v) is 7.66. The van der Waals surface area contributed by atoms with Crippen molar-refractivity contribution in [2.24, 2.45) is 4.99 Å². The maximum absolute atomic E-state index is 13.5. The van der Waals surface area contributed by atoms with E-state index in [1.54, 1.807) is 9.80 Å². The Bertz CT molecular complexity index is 2230. The Hall–Kier alpha value is -5.84. The summed E-state index contributed by atoms with van der Waals surface area (Å²) in [6, 6.07) is 17.5. The molecule has 7 rings (SSSR count). The molecule has 2 fully saturated rings. The van der Waals surface area contributed by atoms with Crippen molar-refractivity contribution in [3.05, 3.63) is 72.3 Å². The van der Waals surface area contributed by atoms with E-state index in [9.17, 15) is 24.6 Å². The lowest BCUT2D eigenvalue weighted by molar-refractivity contribution is -0.188. The molecule has 16 heteroatoms. The van der Waals surface area contributed by atoms with Crippen molar-refractivity contribution in [1.29, 1.82) is 0 Å². The lowest BCUT2D eigenvalue weighted by atomic mass is 10.00. The first kappa shape index (κ1) is 38.4. The van der Waals surface area contributed by atoms with E-state index in [2.05, 4.69) is 54.2 Å². The van der Waals surface area contributed by atoms with Gasteiger partial charge in [0.15, 0.2) is 6.04 Å². The van der Waals surface area contributed by atoms with Crippen molar-refractivity contribution in [2.45, 2.75) is 75.9 Å². The second kappa shape index (κ2) is 16.5. The molecule has 3 aromatic carbocycles. The quantitative estimate of drug-likeness (QED) is 0.0518. The third-order valence-corrected chi connectivity index (χ3v) is 10.5. The molecule has 16 nitrogen and oxygen atoms in total. The first-order valence-electron chi connectivity index (χ1n) is 18.7. The van der Waals surface area contributed by atoms with Crippen LogP contribution in [-0.4, -0.2) is 116 Å². The number of amides is 3. The zero-order valence-corrected chi connectivity index (χ0v) is 31.6. The van der Waals surface area contributed by atoms with Gasteiger partial charge in [0.25, 0.3) is 5.91 Å². The van der Waals surface area contributed by atoms with Crippen molar-refractivity contribution in [3.63, 3.8) is 0 Å². The van der Waals surface area contributed by atoms with Crippen molar-refractivity contribution in [1.82, 2.24) is 35.1 Å². The molecule has 2 saturated heterocycles. The van der Waals surface area contributed by atoms with Gasteiger partial charge in [-0.05, 0) is 86.1 Å². The zero-order valence-electron chi connectivity index (χ0n) is 31.6. The summed E-state index contributed by atoms with van der Waals surface area (Å²) in [6.45, 7) is 3.98. The second-order valence-electron chi connectivity index (χ2n) is 14.2. The molecule has 2 aromatic heterocycles. The predicted molar refractivity (Wildman–Crippen MR) is 207 cm³/mol. The lowest BCUT2D eigenvalue weighted by Gasteiger charge is -2.29. The molecule has 294 valence electrons. The lowest BCUT2D eigenvalue weighted by Crippen LogP contribution is -2.53. The van der Waals surface area contributed by atoms with Gasteiger partial charge in [0, 0.05) is 13.1 Å². The number of aliphatic imine (C=N–C) groups is 1. The fourth-order valence-electron chi connectivity index (χ4n) is 7.66. The van der Waals surface area contributed by atoms with Crippen molar-refractivity contribution in [2.75, 3.05) is 27.3 Å². The van der Waals surface area contributed by atoms with Gasteiger partial charge in [-0.1, -0.05) is 36.4 Å². The summed E-state index contributed by atoms with van der Waals surface area (Å²) in [4.78, 5) is 72.0. The van der Waals surface area contributed by atoms with E-state index in [0.717, 1.165) is 70.0 Å². The van der Waals surface area contributed by atoms with Gasteiger partial charge in [-0.2, -0.15) is 4.89 Å². The summed E-state index contributed by atoms with van der Waals surface area (Å²) in [5, 5.41) is 23.0. The van der Waals surface area contributed by atoms with Gasteiger partial charge in [-0.25, -0.2) is 19.8 Å². The highest BCUT2D eigenvalue weighted by molar-refractivity contribution is 5.88. The van der Waals surface area contributed by atoms with E-state index in [1.165, 1.54) is 28.1 Å². The van der Waals surface area contributed by atoms with Crippen LogP contribution in [0.15, 0.2) is 65.7 Å². The number of alkyl carbamates (subject to hydrolysis) is 1. The maximum Gasteiger partial charge on any atom is 0.407 e. The first-order valence-corrected chi connectivity index (χ1v) is 18.7. The van der Waals surface area contributed by atoms with E-state index in [0.29, 0.717) is 31.2 Å². The molecule has 2 aliphatic heterocycles. The second-order valence-corrected chi connectivity index (χ2v) is 14.2. The van der Waals surface area contributed by atoms with Crippen LogP contribution in [0, 0.1) is 0 Å². The number of aromatic amines is 2. The van der Waals surface area contributed by atoms with Gasteiger partial charge in [0.2, 0.25) is 12.3 Å². The van der Waals surface area contributed by atoms with Crippen LogP contribution in [0.25, 0.3) is 44.3 Å². The number of hydrogen-bond donors (Lipinski definition) is 5. The minimum Gasteiger partial charge on any atom is -0.453 e. The summed E-state index contributed by atoms with van der Waals surface area (Å²) in [7, 11) is 2.54. The predicted octanol–water partition coefficient (Wildman–Crippen LogP) is 4.56. The van der Waals surface area contributed by atoms with Crippen LogP contribution in [0.1, 0.15) is 63.3 Å². The monoisotopic (exact) mass is 766 g/mol. The van der Waals surface area contributed by atoms with Crippen molar-refractivity contribution in [3.8, 4) is 22.3 Å². The summed E-state index contributed by atoms with van der Waals surface area (Å²) < 4.78 is 4.66. The SMILES string of the molecule is COO/C=N/C(C(=O)N1CCC[C@H]1c1nc2cc(-c3ccc(-c4ccc5[nH]c([C@@H]6CCCN6C(=O)C(NC(=O)OC)[C@@H](C)O)nc5c4)cc3)ccc2[nH]1)[C@@H](C)O. The Balaban J connectivity index is 1.06. The molecule has 6 atom stereocenters. The van der Waals surface area contributed by atoms with Crippen molar-refractivity contribution < 1.29 is 39.1 Å². The third kappa shape index (κ3) is 7.80. The summed E-state index contributed by atoms with van der Waals surface area (Å²) in [5.74, 6) is 0.632. The number of aromatic nitrogens is 4. The number of ether oxygens (including phenoxy) is 1. The Morgan fingerprint density at radius 3 is 1.75 bits per heavy atom. The molecule has 56 heavy (non-hydrogen) atoms. The van der Waals surface area contributed by atoms with Crippen LogP contribution < -0.4 is 5.32 Å². The highest BCUT2D eigenvalue weighted by atomic mass is 17.2. The average molecular weight is 767 g/mol. The number of hydrogen-bond acceptors (Lipinski definition) is 11. The van der Waals surface area contributed by atoms with Gasteiger partial charge in [0.05, 0.1) is 60.6 Å². The number of benzene rings is 3. The fraction of sp³-hybridized carbons (Fsp3) is 0.400. The number of methoxy groups -OCH3 is 1. The molecule has 0 saturated carbocycles. The highest BCUT2D eigenvalue weighted by Crippen LogP contribution is 2.35. The van der Waals surface area contributed by atoms with Gasteiger partial charge in [-0.3, -0.25) is 9.59 Å². The van der Waals surface area contributed by atoms with Gasteiger partial charge in [0.1, 0.15) is 17.7 Å². The van der Waals surface area contributed by atoms with Crippen LogP contribution in [0.3, 0.4) is 0 Å². The number of likely N-dealkylation sites (tertiary alicyclic amines) is 2. The number of nitrogens with zero attached hydrogens (tertiary/aromatic N) is 5. The van der Waals surface area contributed by atoms with E-state index < -0.39 is 36.3 Å². The molecule has 0 spiro atoms. The largest absolute Gasteiger partial charge is 0.453 e. The number of imidazole rings is 2. The Morgan fingerprint density at radius 2 is 1.29 bits per heavy atom. The molecule has 0 radical (unpaired) electrons. The first-order chi connectivity index (χ1) is 27.1. The van der Waals surface area contributed by atoms with Gasteiger partial charge >= 0.3 is 6.09 Å². The van der Waals surface area contributed by atoms with E-state index in [1.807, 2.05) is 36.4 Å². The number of carbonyl (C=O) groups is 3. The molecule has 5 N–H and O–H groups in total. The molecule has 2 aliphatic rings. The van der Waals surface area contributed by atoms with Crippen LogP contribution >= 0.6 is 0 Å². The number of nitrogens with one attached hydrogen (secondary N) is 3.